The minimum Gasteiger partial charge on any atom is -0.463 e. The first kappa shape index (κ1) is 51.3. The van der Waals surface area contributed by atoms with Crippen molar-refractivity contribution in [1.29, 1.82) is 0 Å². The smallest absolute Gasteiger partial charge is 0.409 e. The van der Waals surface area contributed by atoms with Crippen LogP contribution in [0.3, 0.4) is 0 Å². The number of hydrogen-bond donors (Lipinski definition) is 0. The van der Waals surface area contributed by atoms with Crippen molar-refractivity contribution in [3.63, 3.8) is 0 Å². The zero-order valence-corrected chi connectivity index (χ0v) is 37.1. The van der Waals surface area contributed by atoms with E-state index in [2.05, 4.69) is 31.2 Å². The van der Waals surface area contributed by atoms with Gasteiger partial charge in [0.2, 0.25) is 0 Å². The minimum absolute atomic E-state index is 0.0374. The summed E-state index contributed by atoms with van der Waals surface area (Å²) >= 11 is 0. The van der Waals surface area contributed by atoms with Crippen molar-refractivity contribution in [2.45, 2.75) is 103 Å². The number of fused-ring (bicyclic) bond motifs is 3. The first-order valence-corrected chi connectivity index (χ1v) is 22.9. The topological polar surface area (TPSA) is 120 Å². The van der Waals surface area contributed by atoms with Crippen molar-refractivity contribution < 1.29 is 52.2 Å². The molecule has 0 saturated carbocycles. The SMILES string of the molecule is CCCCCCCCCCCCCCCC(=O)OCCOCCOCCOCCOCCOCCOCCOCCN(C)C(=O)OCC1c2ccccc2-c2ccccc21. The number of benzene rings is 2. The molecule has 1 aliphatic rings. The first-order chi connectivity index (χ1) is 29.6. The predicted octanol–water partition coefficient (Wildman–Crippen LogP) is 9.01. The monoisotopic (exact) mass is 844 g/mol. The number of nitrogens with zero attached hydrogens (tertiary/aromatic N) is 1. The summed E-state index contributed by atoms with van der Waals surface area (Å²) in [5.74, 6) is -0.0985. The van der Waals surface area contributed by atoms with Crippen molar-refractivity contribution in [3.05, 3.63) is 59.7 Å². The molecule has 0 fully saturated rings. The van der Waals surface area contributed by atoms with E-state index in [1.165, 1.54) is 97.8 Å². The van der Waals surface area contributed by atoms with E-state index in [1.54, 1.807) is 7.05 Å². The number of ether oxygens (including phenoxy) is 9. The van der Waals surface area contributed by atoms with Gasteiger partial charge in [-0.2, -0.15) is 0 Å². The standard InChI is InChI=1S/C48H77NO11/c1-3-4-5-6-7-8-9-10-11-12-13-14-15-24-47(50)59-40-39-58-38-37-57-36-35-56-34-33-55-32-31-54-30-29-53-28-27-52-26-25-49(2)48(51)60-41-46-44-22-18-16-20-42(44)43-21-17-19-23-45(43)46/h16-23,46H,3-15,24-41H2,1-2H3. The number of likely N-dealkylation sites (N-methyl/N-ethyl adjacent to an activating group) is 1. The van der Waals surface area contributed by atoms with Crippen LogP contribution in [-0.4, -0.2) is 136 Å². The molecule has 0 radical (unpaired) electrons. The molecule has 0 N–H and O–H groups in total. The van der Waals surface area contributed by atoms with Gasteiger partial charge in [-0.25, -0.2) is 4.79 Å². The first-order valence-electron chi connectivity index (χ1n) is 22.9. The Hall–Kier alpha value is -3.10. The lowest BCUT2D eigenvalue weighted by atomic mass is 9.98. The van der Waals surface area contributed by atoms with E-state index in [9.17, 15) is 9.59 Å². The number of carbonyl (C=O) groups excluding carboxylic acids is 2. The summed E-state index contributed by atoms with van der Waals surface area (Å²) in [6.07, 6.45) is 16.9. The van der Waals surface area contributed by atoms with Gasteiger partial charge in [0.15, 0.2) is 0 Å². The van der Waals surface area contributed by atoms with Crippen LogP contribution in [-0.2, 0) is 47.4 Å². The molecule has 2 aromatic rings. The second-order valence-electron chi connectivity index (χ2n) is 15.2. The molecule has 3 rings (SSSR count). The third kappa shape index (κ3) is 23.8. The Labute approximate surface area is 361 Å². The highest BCUT2D eigenvalue weighted by Crippen LogP contribution is 2.44. The molecular weight excluding hydrogens is 767 g/mol. The van der Waals surface area contributed by atoms with Gasteiger partial charge in [0.25, 0.3) is 0 Å². The number of carbonyl (C=O) groups is 2. The van der Waals surface area contributed by atoms with E-state index in [0.29, 0.717) is 112 Å². The molecular formula is C48H77NO11. The highest BCUT2D eigenvalue weighted by molar-refractivity contribution is 5.79. The van der Waals surface area contributed by atoms with E-state index in [-0.39, 0.29) is 24.6 Å². The van der Waals surface area contributed by atoms with Gasteiger partial charge in [-0.05, 0) is 28.7 Å². The number of hydrogen-bond acceptors (Lipinski definition) is 11. The van der Waals surface area contributed by atoms with Gasteiger partial charge in [-0.3, -0.25) is 4.79 Å². The van der Waals surface area contributed by atoms with Crippen LogP contribution in [0.15, 0.2) is 48.5 Å². The van der Waals surface area contributed by atoms with Gasteiger partial charge in [-0.1, -0.05) is 133 Å². The molecule has 1 aliphatic carbocycles. The summed E-state index contributed by atoms with van der Waals surface area (Å²) in [6, 6.07) is 16.6. The van der Waals surface area contributed by atoms with E-state index in [1.807, 2.05) is 24.3 Å². The summed E-state index contributed by atoms with van der Waals surface area (Å²) in [7, 11) is 1.72. The maximum absolute atomic E-state index is 12.6. The molecule has 0 spiro atoms. The van der Waals surface area contributed by atoms with Gasteiger partial charge in [0.05, 0.1) is 92.5 Å². The van der Waals surface area contributed by atoms with E-state index in [4.69, 9.17) is 42.6 Å². The Bertz CT molecular complexity index is 1320. The van der Waals surface area contributed by atoms with Crippen LogP contribution >= 0.6 is 0 Å². The maximum atomic E-state index is 12.6. The fourth-order valence-corrected chi connectivity index (χ4v) is 6.99. The van der Waals surface area contributed by atoms with E-state index in [0.717, 1.165) is 12.8 Å². The summed E-state index contributed by atoms with van der Waals surface area (Å²) < 4.78 is 49.7. The van der Waals surface area contributed by atoms with E-state index >= 15 is 0 Å². The molecule has 0 bridgehead atoms. The number of amides is 1. The average molecular weight is 844 g/mol. The lowest BCUT2D eigenvalue weighted by molar-refractivity contribution is -0.145. The predicted molar refractivity (Wildman–Crippen MR) is 235 cm³/mol. The lowest BCUT2D eigenvalue weighted by Crippen LogP contribution is -2.32. The number of rotatable bonds is 40. The summed E-state index contributed by atoms with van der Waals surface area (Å²) in [6.45, 7) is 9.63. The molecule has 0 atom stereocenters. The van der Waals surface area contributed by atoms with Crippen molar-refractivity contribution in [2.75, 3.05) is 119 Å². The van der Waals surface area contributed by atoms with Gasteiger partial charge >= 0.3 is 12.1 Å². The molecule has 60 heavy (non-hydrogen) atoms. The van der Waals surface area contributed by atoms with Crippen LogP contribution in [0.5, 0.6) is 0 Å². The van der Waals surface area contributed by atoms with Crippen LogP contribution in [0.25, 0.3) is 11.1 Å². The summed E-state index contributed by atoms with van der Waals surface area (Å²) in [5.41, 5.74) is 4.80. The van der Waals surface area contributed by atoms with Crippen molar-refractivity contribution in [2.24, 2.45) is 0 Å². The third-order valence-electron chi connectivity index (χ3n) is 10.4. The largest absolute Gasteiger partial charge is 0.463 e. The number of esters is 1. The molecule has 1 amide bonds. The zero-order valence-electron chi connectivity index (χ0n) is 37.1. The molecule has 12 nitrogen and oxygen atoms in total. The Morgan fingerprint density at radius 3 is 1.27 bits per heavy atom. The highest BCUT2D eigenvalue weighted by atomic mass is 16.6. The van der Waals surface area contributed by atoms with Gasteiger partial charge < -0.3 is 47.5 Å². The van der Waals surface area contributed by atoms with E-state index < -0.39 is 0 Å². The minimum atomic E-state index is -0.364. The molecule has 12 heteroatoms. The number of unbranched alkanes of at least 4 members (excludes halogenated alkanes) is 12. The Kier molecular flexibility index (Phi) is 30.3. The average Bonchev–Trinajstić information content (AvgIpc) is 3.59. The second kappa shape index (κ2) is 35.5. The molecule has 2 aromatic carbocycles. The Morgan fingerprint density at radius 2 is 0.833 bits per heavy atom. The zero-order chi connectivity index (χ0) is 42.6. The molecule has 0 saturated heterocycles. The molecule has 0 unspecified atom stereocenters. The Balaban J connectivity index is 0.959. The highest BCUT2D eigenvalue weighted by Gasteiger charge is 2.29. The van der Waals surface area contributed by atoms with Crippen LogP contribution in [0, 0.1) is 0 Å². The van der Waals surface area contributed by atoms with Crippen molar-refractivity contribution >= 4 is 12.1 Å². The van der Waals surface area contributed by atoms with Crippen LogP contribution < -0.4 is 0 Å². The van der Waals surface area contributed by atoms with Gasteiger partial charge in [-0.15, -0.1) is 0 Å². The normalized spacial score (nSPS) is 12.1. The Morgan fingerprint density at radius 1 is 0.467 bits per heavy atom. The third-order valence-corrected chi connectivity index (χ3v) is 10.4. The van der Waals surface area contributed by atoms with Crippen LogP contribution in [0.4, 0.5) is 4.79 Å². The van der Waals surface area contributed by atoms with Crippen molar-refractivity contribution in [1.82, 2.24) is 4.90 Å². The fraction of sp³-hybridized carbons (Fsp3) is 0.708. The quantitative estimate of drug-likeness (QED) is 0.0472. The second-order valence-corrected chi connectivity index (χ2v) is 15.2. The summed E-state index contributed by atoms with van der Waals surface area (Å²) in [5, 5.41) is 0. The lowest BCUT2D eigenvalue weighted by Gasteiger charge is -2.19. The summed E-state index contributed by atoms with van der Waals surface area (Å²) in [4.78, 5) is 26.1. The molecule has 0 aromatic heterocycles. The van der Waals surface area contributed by atoms with Crippen molar-refractivity contribution in [3.8, 4) is 11.1 Å². The molecule has 340 valence electrons. The van der Waals surface area contributed by atoms with Crippen LogP contribution in [0.2, 0.25) is 0 Å². The van der Waals surface area contributed by atoms with Gasteiger partial charge in [0, 0.05) is 25.9 Å². The maximum Gasteiger partial charge on any atom is 0.409 e. The molecule has 0 heterocycles. The molecule has 0 aliphatic heterocycles. The van der Waals surface area contributed by atoms with Crippen LogP contribution in [0.1, 0.15) is 114 Å². The van der Waals surface area contributed by atoms with Gasteiger partial charge in [0.1, 0.15) is 13.2 Å². The fourth-order valence-electron chi connectivity index (χ4n) is 6.99.